The normalized spacial score (nSPS) is 10.6. The third kappa shape index (κ3) is 3.97. The number of phenols is 1. The van der Waals surface area contributed by atoms with E-state index in [9.17, 15) is 14.7 Å². The molecule has 0 saturated carbocycles. The Labute approximate surface area is 177 Å². The summed E-state index contributed by atoms with van der Waals surface area (Å²) in [6.07, 6.45) is 0. The molecule has 7 nitrogen and oxygen atoms in total. The van der Waals surface area contributed by atoms with Crippen LogP contribution in [-0.2, 0) is 4.84 Å². The molecule has 0 spiro atoms. The van der Waals surface area contributed by atoms with E-state index in [0.717, 1.165) is 0 Å². The van der Waals surface area contributed by atoms with E-state index in [0.29, 0.717) is 33.3 Å². The Morgan fingerprint density at radius 2 is 1.68 bits per heavy atom. The van der Waals surface area contributed by atoms with Gasteiger partial charge in [0.15, 0.2) is 0 Å². The number of hydrogen-bond donors (Lipinski definition) is 4. The molecule has 0 heterocycles. The molecule has 0 saturated heterocycles. The van der Waals surface area contributed by atoms with E-state index in [1.807, 2.05) is 18.2 Å². The molecule has 1 amide bonds. The van der Waals surface area contributed by atoms with Crippen molar-refractivity contribution >= 4 is 34.0 Å². The van der Waals surface area contributed by atoms with Gasteiger partial charge in [0.25, 0.3) is 5.91 Å². The van der Waals surface area contributed by atoms with Crippen LogP contribution in [0.2, 0.25) is 0 Å². The number of rotatable bonds is 5. The molecule has 0 bridgehead atoms. The predicted molar refractivity (Wildman–Crippen MR) is 119 cm³/mol. The zero-order valence-electron chi connectivity index (χ0n) is 16.3. The molecular weight excluding hydrogens is 394 g/mol. The number of nitrogens with one attached hydrogen (secondary N) is 1. The number of fused-ring (bicyclic) bond motifs is 1. The van der Waals surface area contributed by atoms with E-state index in [1.165, 1.54) is 6.07 Å². The molecule has 0 fully saturated rings. The molecule has 4 rings (SSSR count). The minimum atomic E-state index is -0.765. The Bertz CT molecular complexity index is 1300. The van der Waals surface area contributed by atoms with Crippen LogP contribution in [0.3, 0.4) is 0 Å². The highest BCUT2D eigenvalue weighted by Gasteiger charge is 2.19. The van der Waals surface area contributed by atoms with Crippen LogP contribution in [0.15, 0.2) is 78.9 Å². The van der Waals surface area contributed by atoms with Gasteiger partial charge in [-0.15, -0.1) is 0 Å². The fourth-order valence-corrected chi connectivity index (χ4v) is 3.38. The Morgan fingerprint density at radius 1 is 0.903 bits per heavy atom. The Morgan fingerprint density at radius 3 is 2.39 bits per heavy atom. The standard InChI is InChI=1S/C24H19N3O4/c25-17-7-4-8-18(13-17)27-31-24(30)15-9-10-19-16(11-15)12-20(14-5-2-1-3-6-14)22(28)21(19)23(26)29/h1-13,27-28H,25H2,(H2,26,29). The third-order valence-electron chi connectivity index (χ3n) is 4.83. The summed E-state index contributed by atoms with van der Waals surface area (Å²) in [5.41, 5.74) is 16.3. The van der Waals surface area contributed by atoms with Crippen molar-refractivity contribution < 1.29 is 19.5 Å². The predicted octanol–water partition coefficient (Wildman–Crippen LogP) is 4.08. The summed E-state index contributed by atoms with van der Waals surface area (Å²) in [6.45, 7) is 0. The SMILES string of the molecule is NC(=O)c1c(O)c(-c2ccccc2)cc2cc(C(=O)ONc3cccc(N)c3)ccc12. The smallest absolute Gasteiger partial charge is 0.362 e. The second kappa shape index (κ2) is 8.08. The van der Waals surface area contributed by atoms with E-state index >= 15 is 0 Å². The van der Waals surface area contributed by atoms with Crippen molar-refractivity contribution in [1.82, 2.24) is 0 Å². The molecule has 4 aromatic carbocycles. The Hall–Kier alpha value is -4.52. The molecule has 0 aliphatic heterocycles. The number of nitrogens with two attached hydrogens (primary N) is 2. The molecular formula is C24H19N3O4. The molecule has 0 aliphatic carbocycles. The second-order valence-electron chi connectivity index (χ2n) is 6.93. The largest absolute Gasteiger partial charge is 0.506 e. The van der Waals surface area contributed by atoms with Gasteiger partial charge in [-0.3, -0.25) is 4.79 Å². The van der Waals surface area contributed by atoms with Gasteiger partial charge < -0.3 is 21.4 Å². The van der Waals surface area contributed by atoms with Crippen LogP contribution in [0.1, 0.15) is 20.7 Å². The first-order valence-corrected chi connectivity index (χ1v) is 9.41. The van der Waals surface area contributed by atoms with E-state index in [1.54, 1.807) is 54.6 Å². The highest BCUT2D eigenvalue weighted by atomic mass is 16.7. The second-order valence-corrected chi connectivity index (χ2v) is 6.93. The fraction of sp³-hybridized carbons (Fsp3) is 0. The van der Waals surface area contributed by atoms with Gasteiger partial charge >= 0.3 is 5.97 Å². The third-order valence-corrected chi connectivity index (χ3v) is 4.83. The summed E-state index contributed by atoms with van der Waals surface area (Å²) in [7, 11) is 0. The van der Waals surface area contributed by atoms with Crippen LogP contribution in [0.5, 0.6) is 5.75 Å². The zero-order valence-corrected chi connectivity index (χ0v) is 16.3. The lowest BCUT2D eigenvalue weighted by atomic mass is 9.94. The van der Waals surface area contributed by atoms with Crippen LogP contribution in [0.25, 0.3) is 21.9 Å². The average molecular weight is 413 g/mol. The van der Waals surface area contributed by atoms with E-state index < -0.39 is 11.9 Å². The number of carbonyl (C=O) groups excluding carboxylic acids is 2. The van der Waals surface area contributed by atoms with Crippen LogP contribution in [-0.4, -0.2) is 17.0 Å². The molecule has 0 atom stereocenters. The number of carbonyl (C=O) groups is 2. The van der Waals surface area contributed by atoms with Crippen LogP contribution < -0.4 is 16.9 Å². The van der Waals surface area contributed by atoms with Crippen molar-refractivity contribution in [3.8, 4) is 16.9 Å². The number of anilines is 2. The summed E-state index contributed by atoms with van der Waals surface area (Å²) in [6, 6.07) is 22.2. The maximum Gasteiger partial charge on any atom is 0.362 e. The van der Waals surface area contributed by atoms with E-state index in [4.69, 9.17) is 16.3 Å². The number of primary amides is 1. The first-order valence-electron chi connectivity index (χ1n) is 9.41. The van der Waals surface area contributed by atoms with Crippen LogP contribution in [0.4, 0.5) is 11.4 Å². The van der Waals surface area contributed by atoms with Crippen molar-refractivity contribution in [1.29, 1.82) is 0 Å². The molecule has 0 radical (unpaired) electrons. The number of amides is 1. The summed E-state index contributed by atoms with van der Waals surface area (Å²) in [5.74, 6) is -1.59. The summed E-state index contributed by atoms with van der Waals surface area (Å²) in [5, 5.41) is 11.7. The lowest BCUT2D eigenvalue weighted by Gasteiger charge is -2.13. The van der Waals surface area contributed by atoms with E-state index in [2.05, 4.69) is 5.48 Å². The quantitative estimate of drug-likeness (QED) is 0.288. The molecule has 0 unspecified atom stereocenters. The zero-order chi connectivity index (χ0) is 22.0. The van der Waals surface area contributed by atoms with Gasteiger partial charge in [0.05, 0.1) is 16.8 Å². The molecule has 7 heteroatoms. The first-order chi connectivity index (χ1) is 14.9. The minimum Gasteiger partial charge on any atom is -0.506 e. The molecule has 31 heavy (non-hydrogen) atoms. The fourth-order valence-electron chi connectivity index (χ4n) is 3.38. The number of aromatic hydroxyl groups is 1. The highest BCUT2D eigenvalue weighted by Crippen LogP contribution is 2.38. The van der Waals surface area contributed by atoms with Crippen molar-refractivity contribution in [3.05, 3.63) is 90.0 Å². The highest BCUT2D eigenvalue weighted by molar-refractivity contribution is 6.12. The summed E-state index contributed by atoms with van der Waals surface area (Å²) in [4.78, 5) is 29.8. The molecule has 4 aromatic rings. The minimum absolute atomic E-state index is 0.00541. The topological polar surface area (TPSA) is 128 Å². The molecule has 6 N–H and O–H groups in total. The molecule has 154 valence electrons. The Kier molecular flexibility index (Phi) is 5.15. The maximum atomic E-state index is 12.5. The van der Waals surface area contributed by atoms with Gasteiger partial charge in [-0.25, -0.2) is 10.3 Å². The summed E-state index contributed by atoms with van der Waals surface area (Å²) >= 11 is 0. The van der Waals surface area contributed by atoms with Crippen molar-refractivity contribution in [2.45, 2.75) is 0 Å². The van der Waals surface area contributed by atoms with Crippen molar-refractivity contribution in [3.63, 3.8) is 0 Å². The number of nitrogen functional groups attached to an aromatic ring is 1. The summed E-state index contributed by atoms with van der Waals surface area (Å²) < 4.78 is 0. The van der Waals surface area contributed by atoms with Crippen molar-refractivity contribution in [2.24, 2.45) is 5.73 Å². The van der Waals surface area contributed by atoms with Gasteiger partial charge in [0.1, 0.15) is 5.75 Å². The maximum absolute atomic E-state index is 12.5. The van der Waals surface area contributed by atoms with Crippen LogP contribution >= 0.6 is 0 Å². The lowest BCUT2D eigenvalue weighted by Crippen LogP contribution is -2.13. The number of benzene rings is 4. The van der Waals surface area contributed by atoms with E-state index in [-0.39, 0.29) is 16.9 Å². The van der Waals surface area contributed by atoms with Gasteiger partial charge in [-0.05, 0) is 52.7 Å². The van der Waals surface area contributed by atoms with Gasteiger partial charge in [0, 0.05) is 11.3 Å². The number of hydrogen-bond acceptors (Lipinski definition) is 6. The van der Waals surface area contributed by atoms with Gasteiger partial charge in [0.2, 0.25) is 0 Å². The molecule has 0 aromatic heterocycles. The van der Waals surface area contributed by atoms with Gasteiger partial charge in [-0.1, -0.05) is 42.5 Å². The van der Waals surface area contributed by atoms with Gasteiger partial charge in [-0.2, -0.15) is 0 Å². The molecule has 0 aliphatic rings. The monoisotopic (exact) mass is 413 g/mol. The van der Waals surface area contributed by atoms with Crippen molar-refractivity contribution in [2.75, 3.05) is 11.2 Å². The average Bonchev–Trinajstić information content (AvgIpc) is 2.77. The first kappa shape index (κ1) is 19.8. The van der Waals surface area contributed by atoms with Crippen LogP contribution in [0, 0.1) is 0 Å². The Balaban J connectivity index is 1.73. The lowest BCUT2D eigenvalue weighted by molar-refractivity contribution is 0.0596.